The van der Waals surface area contributed by atoms with Gasteiger partial charge in [-0.2, -0.15) is 0 Å². The van der Waals surface area contributed by atoms with Crippen LogP contribution in [0.2, 0.25) is 0 Å². The van der Waals surface area contributed by atoms with E-state index in [0.29, 0.717) is 30.7 Å². The molecule has 23 heavy (non-hydrogen) atoms. The molecule has 6 heteroatoms. The van der Waals surface area contributed by atoms with Gasteiger partial charge in [0, 0.05) is 29.2 Å². The van der Waals surface area contributed by atoms with Gasteiger partial charge >= 0.3 is 0 Å². The van der Waals surface area contributed by atoms with Crippen LogP contribution in [-0.4, -0.2) is 31.0 Å². The van der Waals surface area contributed by atoms with Crippen molar-refractivity contribution in [3.8, 4) is 0 Å². The van der Waals surface area contributed by atoms with Gasteiger partial charge in [0.25, 0.3) is 5.91 Å². The molecule has 0 aromatic heterocycles. The Morgan fingerprint density at radius 3 is 2.83 bits per heavy atom. The molecule has 0 atom stereocenters. The number of carbonyl (C=O) groups excluding carboxylic acids is 1. The van der Waals surface area contributed by atoms with Crippen molar-refractivity contribution in [3.63, 3.8) is 0 Å². The second-order valence-electron chi connectivity index (χ2n) is 5.87. The molecule has 0 heterocycles. The molecular weight excluding hydrogens is 356 g/mol. The maximum absolute atomic E-state index is 12.0. The Balaban J connectivity index is 1.62. The first-order valence-corrected chi connectivity index (χ1v) is 9.04. The fourth-order valence-corrected chi connectivity index (χ4v) is 3.11. The predicted molar refractivity (Wildman–Crippen MR) is 97.6 cm³/mol. The van der Waals surface area contributed by atoms with Crippen LogP contribution >= 0.6 is 15.9 Å². The fraction of sp³-hybridized carbons (Fsp3) is 0.529. The molecule has 1 saturated carbocycles. The number of amides is 1. The first-order valence-electron chi connectivity index (χ1n) is 8.25. The summed E-state index contributed by atoms with van der Waals surface area (Å²) in [5, 5.41) is 6.18. The molecule has 2 rings (SSSR count). The van der Waals surface area contributed by atoms with Crippen LogP contribution in [0.25, 0.3) is 0 Å². The number of nitrogens with two attached hydrogens (primary N) is 1. The highest BCUT2D eigenvalue weighted by atomic mass is 79.9. The Kier molecular flexibility index (Phi) is 7.39. The third-order valence-electron chi connectivity index (χ3n) is 3.95. The Morgan fingerprint density at radius 2 is 2.09 bits per heavy atom. The molecule has 4 N–H and O–H groups in total. The summed E-state index contributed by atoms with van der Waals surface area (Å²) in [6.07, 6.45) is 7.00. The summed E-state index contributed by atoms with van der Waals surface area (Å²) in [7, 11) is 0. The number of hydrogen-bond acceptors (Lipinski definition) is 2. The molecule has 0 aliphatic heterocycles. The van der Waals surface area contributed by atoms with Crippen LogP contribution in [0.5, 0.6) is 0 Å². The number of nitrogens with one attached hydrogen (secondary N) is 2. The molecule has 0 unspecified atom stereocenters. The third kappa shape index (κ3) is 6.60. The fourth-order valence-electron chi connectivity index (χ4n) is 2.71. The van der Waals surface area contributed by atoms with E-state index in [0.717, 1.165) is 10.9 Å². The van der Waals surface area contributed by atoms with Crippen molar-refractivity contribution in [2.75, 3.05) is 13.1 Å². The number of benzene rings is 1. The minimum absolute atomic E-state index is 0.0661. The Hall–Kier alpha value is -1.56. The minimum atomic E-state index is -0.0661. The summed E-state index contributed by atoms with van der Waals surface area (Å²) < 4.78 is 0.899. The second kappa shape index (κ2) is 9.55. The van der Waals surface area contributed by atoms with Crippen molar-refractivity contribution in [2.24, 2.45) is 10.7 Å². The zero-order valence-electron chi connectivity index (χ0n) is 13.4. The number of rotatable bonds is 6. The van der Waals surface area contributed by atoms with Crippen molar-refractivity contribution < 1.29 is 4.79 Å². The lowest BCUT2D eigenvalue weighted by atomic mass is 9.96. The van der Waals surface area contributed by atoms with Gasteiger partial charge in [-0.1, -0.05) is 41.3 Å². The van der Waals surface area contributed by atoms with E-state index in [1.807, 2.05) is 12.1 Å². The molecule has 0 saturated heterocycles. The van der Waals surface area contributed by atoms with Crippen molar-refractivity contribution in [1.82, 2.24) is 10.6 Å². The molecule has 0 spiro atoms. The van der Waals surface area contributed by atoms with E-state index in [9.17, 15) is 4.79 Å². The van der Waals surface area contributed by atoms with Crippen LogP contribution in [0.3, 0.4) is 0 Å². The van der Waals surface area contributed by atoms with E-state index in [1.165, 1.54) is 32.1 Å². The van der Waals surface area contributed by atoms with Crippen LogP contribution in [0.1, 0.15) is 48.9 Å². The molecular formula is C17H25BrN4O. The van der Waals surface area contributed by atoms with Crippen LogP contribution in [-0.2, 0) is 0 Å². The number of nitrogens with zero attached hydrogens (tertiary/aromatic N) is 1. The number of guanidine groups is 1. The minimum Gasteiger partial charge on any atom is -0.370 e. The summed E-state index contributed by atoms with van der Waals surface area (Å²) in [6, 6.07) is 7.82. The maximum atomic E-state index is 12.0. The Morgan fingerprint density at radius 1 is 1.30 bits per heavy atom. The highest BCUT2D eigenvalue weighted by Gasteiger charge is 2.13. The molecule has 1 aromatic rings. The van der Waals surface area contributed by atoms with E-state index in [-0.39, 0.29) is 5.91 Å². The quantitative estimate of drug-likeness (QED) is 0.403. The lowest BCUT2D eigenvalue weighted by Gasteiger charge is -2.23. The van der Waals surface area contributed by atoms with Gasteiger partial charge in [-0.15, -0.1) is 0 Å². The molecule has 0 bridgehead atoms. The van der Waals surface area contributed by atoms with E-state index in [1.54, 1.807) is 12.1 Å². The Bertz CT molecular complexity index is 541. The monoisotopic (exact) mass is 380 g/mol. The average Bonchev–Trinajstić information content (AvgIpc) is 2.55. The van der Waals surface area contributed by atoms with Gasteiger partial charge in [0.2, 0.25) is 0 Å². The third-order valence-corrected chi connectivity index (χ3v) is 4.44. The zero-order chi connectivity index (χ0) is 16.5. The van der Waals surface area contributed by atoms with Crippen LogP contribution in [0, 0.1) is 0 Å². The van der Waals surface area contributed by atoms with Crippen LogP contribution in [0.15, 0.2) is 33.7 Å². The van der Waals surface area contributed by atoms with Gasteiger partial charge in [0.05, 0.1) is 0 Å². The number of carbonyl (C=O) groups is 1. The van der Waals surface area contributed by atoms with Crippen LogP contribution in [0.4, 0.5) is 0 Å². The van der Waals surface area contributed by atoms with E-state index in [2.05, 4.69) is 31.6 Å². The second-order valence-corrected chi connectivity index (χ2v) is 6.78. The number of aliphatic imine (C=N–C) groups is 1. The largest absolute Gasteiger partial charge is 0.370 e. The van der Waals surface area contributed by atoms with Crippen molar-refractivity contribution >= 4 is 27.8 Å². The highest BCUT2D eigenvalue weighted by molar-refractivity contribution is 9.10. The standard InChI is InChI=1S/C17H25BrN4O/c18-14-7-4-6-13(12-14)16(23)20-10-5-11-21-17(19)22-15-8-2-1-3-9-15/h4,6-7,12,15H,1-3,5,8-11H2,(H,20,23)(H3,19,21,22). The van der Waals surface area contributed by atoms with Crippen molar-refractivity contribution in [3.05, 3.63) is 34.3 Å². The molecule has 1 fully saturated rings. The lowest BCUT2D eigenvalue weighted by Crippen LogP contribution is -2.41. The predicted octanol–water partition coefficient (Wildman–Crippen LogP) is 2.81. The zero-order valence-corrected chi connectivity index (χ0v) is 14.9. The summed E-state index contributed by atoms with van der Waals surface area (Å²) in [4.78, 5) is 16.3. The topological polar surface area (TPSA) is 79.5 Å². The first-order chi connectivity index (χ1) is 11.1. The molecule has 1 aromatic carbocycles. The number of halogens is 1. The van der Waals surface area contributed by atoms with Crippen LogP contribution < -0.4 is 16.4 Å². The molecule has 1 amide bonds. The van der Waals surface area contributed by atoms with Gasteiger partial charge in [-0.3, -0.25) is 9.79 Å². The Labute approximate surface area is 146 Å². The smallest absolute Gasteiger partial charge is 0.251 e. The molecule has 0 radical (unpaired) electrons. The summed E-state index contributed by atoms with van der Waals surface area (Å²) >= 11 is 3.36. The first kappa shape index (κ1) is 17.8. The van der Waals surface area contributed by atoms with Crippen molar-refractivity contribution in [2.45, 2.75) is 44.6 Å². The lowest BCUT2D eigenvalue weighted by molar-refractivity contribution is 0.0953. The van der Waals surface area contributed by atoms with E-state index in [4.69, 9.17) is 5.73 Å². The number of hydrogen-bond donors (Lipinski definition) is 3. The van der Waals surface area contributed by atoms with Gasteiger partial charge in [0.1, 0.15) is 0 Å². The summed E-state index contributed by atoms with van der Waals surface area (Å²) in [5.41, 5.74) is 6.55. The van der Waals surface area contributed by atoms with Gasteiger partial charge in [-0.25, -0.2) is 0 Å². The van der Waals surface area contributed by atoms with E-state index < -0.39 is 0 Å². The maximum Gasteiger partial charge on any atom is 0.251 e. The van der Waals surface area contributed by atoms with E-state index >= 15 is 0 Å². The molecule has 1 aliphatic carbocycles. The molecule has 5 nitrogen and oxygen atoms in total. The molecule has 1 aliphatic rings. The van der Waals surface area contributed by atoms with Gasteiger partial charge in [0.15, 0.2) is 5.96 Å². The summed E-state index contributed by atoms with van der Waals surface area (Å²) in [5.74, 6) is 0.457. The van der Waals surface area contributed by atoms with Gasteiger partial charge in [-0.05, 0) is 37.5 Å². The highest BCUT2D eigenvalue weighted by Crippen LogP contribution is 2.17. The average molecular weight is 381 g/mol. The summed E-state index contributed by atoms with van der Waals surface area (Å²) in [6.45, 7) is 1.20. The van der Waals surface area contributed by atoms with Crippen molar-refractivity contribution in [1.29, 1.82) is 0 Å². The SMILES string of the molecule is NC(=NCCCNC(=O)c1cccc(Br)c1)NC1CCCCC1. The molecule has 126 valence electrons. The van der Waals surface area contributed by atoms with Gasteiger partial charge < -0.3 is 16.4 Å². The normalized spacial score (nSPS) is 16.1.